The molecule has 0 saturated carbocycles. The smallest absolute Gasteiger partial charge is 0.335 e. The van der Waals surface area contributed by atoms with Gasteiger partial charge in [-0.3, -0.25) is 0 Å². The molecule has 3 aromatic rings. The van der Waals surface area contributed by atoms with Gasteiger partial charge in [-0.05, 0) is 84.5 Å². The minimum absolute atomic E-state index is 0.171. The molecule has 33 heavy (non-hydrogen) atoms. The van der Waals surface area contributed by atoms with Crippen LogP contribution in [0.1, 0.15) is 47.0 Å². The Morgan fingerprint density at radius 3 is 2.42 bits per heavy atom. The number of benzene rings is 3. The molecule has 0 saturated heterocycles. The van der Waals surface area contributed by atoms with Gasteiger partial charge in [0.15, 0.2) is 0 Å². The van der Waals surface area contributed by atoms with Crippen LogP contribution < -0.4 is 10.1 Å². The number of carbonyl (C=O) groups is 1. The molecule has 0 unspecified atom stereocenters. The minimum Gasteiger partial charge on any atom is -0.508 e. The number of hydrogen-bond donors (Lipinski definition) is 4. The van der Waals surface area contributed by atoms with Crippen molar-refractivity contribution in [1.82, 2.24) is 5.32 Å². The number of carboxylic acid groups (broad SMARTS) is 1. The normalized spacial score (nSPS) is 12.8. The Bertz CT molecular complexity index is 1090. The summed E-state index contributed by atoms with van der Waals surface area (Å²) < 4.78 is 5.93. The number of phenols is 1. The number of phenolic OH excluding ortho intramolecular Hbond substituents is 1. The number of ether oxygens (including phenoxy) is 1. The lowest BCUT2D eigenvalue weighted by molar-refractivity contribution is 0.0696. The van der Waals surface area contributed by atoms with Crippen LogP contribution in [-0.2, 0) is 6.42 Å². The molecule has 0 bridgehead atoms. The molecule has 3 rings (SSSR count). The summed E-state index contributed by atoms with van der Waals surface area (Å²) in [6.07, 6.45) is 0.0556. The standard InChI is InChI=1S/C27H31NO5/c1-4-19-16-22(27(31)32)7-11-24(19)21-8-12-25(17(2)15-21)33-14-13-28-18(3)26(30)20-5-9-23(29)10-6-20/h5-12,15-16,18,26,28-30H,4,13-14H2,1-3H3,(H,31,32)/t18-,26-/m1/s1. The van der Waals surface area contributed by atoms with Crippen molar-refractivity contribution in [1.29, 1.82) is 0 Å². The topological polar surface area (TPSA) is 99.0 Å². The molecule has 6 heteroatoms. The van der Waals surface area contributed by atoms with Crippen molar-refractivity contribution in [3.8, 4) is 22.6 Å². The summed E-state index contributed by atoms with van der Waals surface area (Å²) in [6.45, 7) is 6.91. The van der Waals surface area contributed by atoms with Crippen LogP contribution >= 0.6 is 0 Å². The van der Waals surface area contributed by atoms with Crippen LogP contribution in [0.2, 0.25) is 0 Å². The summed E-state index contributed by atoms with van der Waals surface area (Å²) in [7, 11) is 0. The average molecular weight is 450 g/mol. The molecular formula is C27H31NO5. The van der Waals surface area contributed by atoms with E-state index in [9.17, 15) is 20.1 Å². The van der Waals surface area contributed by atoms with E-state index in [0.717, 1.165) is 40.0 Å². The zero-order valence-corrected chi connectivity index (χ0v) is 19.2. The van der Waals surface area contributed by atoms with Crippen molar-refractivity contribution in [2.24, 2.45) is 0 Å². The molecule has 0 aliphatic carbocycles. The quantitative estimate of drug-likeness (QED) is 0.334. The Kier molecular flexibility index (Phi) is 8.09. The van der Waals surface area contributed by atoms with E-state index in [4.69, 9.17) is 4.74 Å². The fraction of sp³-hybridized carbons (Fsp3) is 0.296. The van der Waals surface area contributed by atoms with Crippen molar-refractivity contribution in [3.63, 3.8) is 0 Å². The van der Waals surface area contributed by atoms with Crippen LogP contribution in [0, 0.1) is 6.92 Å². The van der Waals surface area contributed by atoms with Crippen LogP contribution in [0.5, 0.6) is 11.5 Å². The van der Waals surface area contributed by atoms with Crippen molar-refractivity contribution in [3.05, 3.63) is 82.9 Å². The molecule has 0 aliphatic heterocycles. The fourth-order valence-corrected chi connectivity index (χ4v) is 3.80. The number of nitrogens with one attached hydrogen (secondary N) is 1. The summed E-state index contributed by atoms with van der Waals surface area (Å²) in [4.78, 5) is 11.3. The van der Waals surface area contributed by atoms with Crippen molar-refractivity contribution in [2.75, 3.05) is 13.2 Å². The predicted octanol–water partition coefficient (Wildman–Crippen LogP) is 4.72. The van der Waals surface area contributed by atoms with Gasteiger partial charge in [-0.15, -0.1) is 0 Å². The molecule has 0 radical (unpaired) electrons. The molecule has 0 aromatic heterocycles. The zero-order chi connectivity index (χ0) is 24.0. The van der Waals surface area contributed by atoms with E-state index >= 15 is 0 Å². The third kappa shape index (κ3) is 6.12. The number of aromatic hydroxyl groups is 1. The summed E-state index contributed by atoms with van der Waals surface area (Å²) in [5.41, 5.74) is 5.07. The molecular weight excluding hydrogens is 418 g/mol. The molecule has 0 heterocycles. The van der Waals surface area contributed by atoms with E-state index in [1.807, 2.05) is 39.0 Å². The molecule has 3 aromatic carbocycles. The number of hydrogen-bond acceptors (Lipinski definition) is 5. The van der Waals surface area contributed by atoms with E-state index in [1.165, 1.54) is 0 Å². The highest BCUT2D eigenvalue weighted by Crippen LogP contribution is 2.30. The average Bonchev–Trinajstić information content (AvgIpc) is 2.82. The lowest BCUT2D eigenvalue weighted by Crippen LogP contribution is -2.35. The monoisotopic (exact) mass is 449 g/mol. The van der Waals surface area contributed by atoms with Crippen LogP contribution in [-0.4, -0.2) is 40.5 Å². The second kappa shape index (κ2) is 11.0. The fourth-order valence-electron chi connectivity index (χ4n) is 3.80. The van der Waals surface area contributed by atoms with Gasteiger partial charge < -0.3 is 25.4 Å². The SMILES string of the molecule is CCc1cc(C(=O)O)ccc1-c1ccc(OCCN[C@H](C)[C@@H](O)c2ccc(O)cc2)c(C)c1. The van der Waals surface area contributed by atoms with E-state index in [-0.39, 0.29) is 11.8 Å². The summed E-state index contributed by atoms with van der Waals surface area (Å²) in [5, 5.41) is 32.3. The van der Waals surface area contributed by atoms with Crippen LogP contribution in [0.25, 0.3) is 11.1 Å². The van der Waals surface area contributed by atoms with Crippen molar-refractivity contribution < 1.29 is 24.9 Å². The highest BCUT2D eigenvalue weighted by Gasteiger charge is 2.16. The first kappa shape index (κ1) is 24.3. The second-order valence-corrected chi connectivity index (χ2v) is 8.14. The van der Waals surface area contributed by atoms with Crippen LogP contribution in [0.15, 0.2) is 60.7 Å². The molecule has 6 nitrogen and oxygen atoms in total. The Morgan fingerprint density at radius 1 is 1.06 bits per heavy atom. The number of aromatic carboxylic acids is 1. The van der Waals surface area contributed by atoms with Gasteiger partial charge in [0, 0.05) is 12.6 Å². The van der Waals surface area contributed by atoms with Gasteiger partial charge in [0.25, 0.3) is 0 Å². The van der Waals surface area contributed by atoms with Gasteiger partial charge in [-0.1, -0.05) is 31.2 Å². The van der Waals surface area contributed by atoms with E-state index in [2.05, 4.69) is 11.4 Å². The summed E-state index contributed by atoms with van der Waals surface area (Å²) in [5.74, 6) is 0.0340. The van der Waals surface area contributed by atoms with Gasteiger partial charge >= 0.3 is 5.97 Å². The number of aryl methyl sites for hydroxylation is 2. The van der Waals surface area contributed by atoms with Crippen LogP contribution in [0.3, 0.4) is 0 Å². The highest BCUT2D eigenvalue weighted by atomic mass is 16.5. The van der Waals surface area contributed by atoms with Gasteiger partial charge in [-0.25, -0.2) is 4.79 Å². The van der Waals surface area contributed by atoms with Gasteiger partial charge in [0.05, 0.1) is 11.7 Å². The number of aliphatic hydroxyl groups is 1. The first-order valence-electron chi connectivity index (χ1n) is 11.1. The minimum atomic E-state index is -0.922. The predicted molar refractivity (Wildman–Crippen MR) is 129 cm³/mol. The first-order chi connectivity index (χ1) is 15.8. The summed E-state index contributed by atoms with van der Waals surface area (Å²) >= 11 is 0. The van der Waals surface area contributed by atoms with E-state index in [1.54, 1.807) is 36.4 Å². The maximum absolute atomic E-state index is 11.3. The molecule has 174 valence electrons. The molecule has 0 fully saturated rings. The lowest BCUT2D eigenvalue weighted by Gasteiger charge is -2.21. The molecule has 0 spiro atoms. The Hall–Kier alpha value is -3.35. The van der Waals surface area contributed by atoms with Gasteiger partial charge in [0.2, 0.25) is 0 Å². The summed E-state index contributed by atoms with van der Waals surface area (Å²) in [6, 6.07) is 17.6. The number of rotatable bonds is 10. The Balaban J connectivity index is 1.58. The van der Waals surface area contributed by atoms with Crippen LogP contribution in [0.4, 0.5) is 0 Å². The Morgan fingerprint density at radius 2 is 1.79 bits per heavy atom. The second-order valence-electron chi connectivity index (χ2n) is 8.14. The molecule has 0 aliphatic rings. The maximum Gasteiger partial charge on any atom is 0.335 e. The van der Waals surface area contributed by atoms with Crippen molar-refractivity contribution >= 4 is 5.97 Å². The van der Waals surface area contributed by atoms with Gasteiger partial charge in [-0.2, -0.15) is 0 Å². The first-order valence-corrected chi connectivity index (χ1v) is 11.1. The van der Waals surface area contributed by atoms with E-state index in [0.29, 0.717) is 18.7 Å². The third-order valence-electron chi connectivity index (χ3n) is 5.75. The maximum atomic E-state index is 11.3. The molecule has 2 atom stereocenters. The van der Waals surface area contributed by atoms with Gasteiger partial charge in [0.1, 0.15) is 18.1 Å². The molecule has 4 N–H and O–H groups in total. The lowest BCUT2D eigenvalue weighted by atomic mass is 9.95. The largest absolute Gasteiger partial charge is 0.508 e. The molecule has 0 amide bonds. The van der Waals surface area contributed by atoms with Crippen molar-refractivity contribution in [2.45, 2.75) is 39.3 Å². The third-order valence-corrected chi connectivity index (χ3v) is 5.75. The Labute approximate surface area is 194 Å². The highest BCUT2D eigenvalue weighted by molar-refractivity contribution is 5.89. The van der Waals surface area contributed by atoms with E-state index < -0.39 is 12.1 Å². The zero-order valence-electron chi connectivity index (χ0n) is 19.2. The number of aliphatic hydroxyl groups excluding tert-OH is 1. The number of carboxylic acids is 1.